The van der Waals surface area contributed by atoms with Crippen molar-refractivity contribution < 1.29 is 8.42 Å². The molecule has 2 N–H and O–H groups in total. The van der Waals surface area contributed by atoms with E-state index >= 15 is 0 Å². The van der Waals surface area contributed by atoms with Gasteiger partial charge in [-0.05, 0) is 31.0 Å². The van der Waals surface area contributed by atoms with Gasteiger partial charge < -0.3 is 10.2 Å². The van der Waals surface area contributed by atoms with E-state index in [1.807, 2.05) is 30.0 Å². The fourth-order valence-corrected chi connectivity index (χ4v) is 4.43. The number of thioether (sulfide) groups is 1. The Morgan fingerprint density at radius 1 is 1.38 bits per heavy atom. The monoisotopic (exact) mass is 512 g/mol. The third-order valence-corrected chi connectivity index (χ3v) is 5.85. The van der Waals surface area contributed by atoms with E-state index in [2.05, 4.69) is 28.8 Å². The molecule has 148 valence electrons. The zero-order chi connectivity index (χ0) is 18.3. The summed E-state index contributed by atoms with van der Waals surface area (Å²) in [4.78, 5) is 7.08. The second kappa shape index (κ2) is 11.2. The van der Waals surface area contributed by atoms with E-state index in [-0.39, 0.29) is 24.0 Å². The number of hydrogen-bond donors (Lipinski definition) is 2. The molecule has 9 heteroatoms. The Morgan fingerprint density at radius 3 is 2.81 bits per heavy atom. The van der Waals surface area contributed by atoms with Crippen molar-refractivity contribution in [3.05, 3.63) is 29.8 Å². The predicted octanol–water partition coefficient (Wildman–Crippen LogP) is 2.97. The van der Waals surface area contributed by atoms with Crippen molar-refractivity contribution in [1.82, 2.24) is 10.2 Å². The molecule has 0 radical (unpaired) electrons. The molecular weight excluding hydrogens is 483 g/mol. The quantitative estimate of drug-likeness (QED) is 0.349. The normalized spacial score (nSPS) is 18.2. The van der Waals surface area contributed by atoms with Crippen LogP contribution in [0.5, 0.6) is 0 Å². The van der Waals surface area contributed by atoms with Crippen LogP contribution in [0.25, 0.3) is 0 Å². The molecule has 0 saturated carbocycles. The summed E-state index contributed by atoms with van der Waals surface area (Å²) >= 11 is 2.03. The van der Waals surface area contributed by atoms with Crippen LogP contribution in [0, 0.1) is 0 Å². The van der Waals surface area contributed by atoms with Gasteiger partial charge in [-0.15, -0.1) is 24.0 Å². The lowest BCUT2D eigenvalue weighted by Gasteiger charge is -2.34. The molecule has 26 heavy (non-hydrogen) atoms. The van der Waals surface area contributed by atoms with Crippen LogP contribution in [0.2, 0.25) is 0 Å². The fourth-order valence-electron chi connectivity index (χ4n) is 2.70. The number of aliphatic imine (C=N–C) groups is 1. The van der Waals surface area contributed by atoms with E-state index < -0.39 is 10.0 Å². The van der Waals surface area contributed by atoms with Crippen LogP contribution in [-0.2, 0) is 16.6 Å². The van der Waals surface area contributed by atoms with Crippen molar-refractivity contribution in [2.45, 2.75) is 32.1 Å². The van der Waals surface area contributed by atoms with E-state index in [1.54, 1.807) is 6.07 Å². The van der Waals surface area contributed by atoms with Gasteiger partial charge in [-0.25, -0.2) is 13.4 Å². The van der Waals surface area contributed by atoms with Crippen molar-refractivity contribution in [2.24, 2.45) is 4.99 Å². The van der Waals surface area contributed by atoms with Gasteiger partial charge in [0.05, 0.1) is 12.8 Å². The maximum absolute atomic E-state index is 11.4. The minimum Gasteiger partial charge on any atom is -0.357 e. The molecule has 1 atom stereocenters. The maximum Gasteiger partial charge on any atom is 0.229 e. The minimum atomic E-state index is -3.27. The van der Waals surface area contributed by atoms with Crippen LogP contribution in [-0.4, -0.2) is 56.2 Å². The van der Waals surface area contributed by atoms with Gasteiger partial charge in [-0.2, -0.15) is 11.8 Å². The summed E-state index contributed by atoms with van der Waals surface area (Å²) in [6.45, 7) is 7.66. The average Bonchev–Trinajstić information content (AvgIpc) is 2.57. The Bertz CT molecular complexity index is 698. The van der Waals surface area contributed by atoms with Crippen molar-refractivity contribution in [3.63, 3.8) is 0 Å². The molecule has 1 unspecified atom stereocenters. The molecule has 6 nitrogen and oxygen atoms in total. The summed E-state index contributed by atoms with van der Waals surface area (Å²) in [6.07, 6.45) is 2.32. The first-order valence-electron chi connectivity index (χ1n) is 8.63. The van der Waals surface area contributed by atoms with Crippen LogP contribution in [0.15, 0.2) is 29.3 Å². The predicted molar refractivity (Wildman–Crippen MR) is 123 cm³/mol. The van der Waals surface area contributed by atoms with Gasteiger partial charge in [-0.3, -0.25) is 4.72 Å². The fraction of sp³-hybridized carbons (Fsp3) is 0.588. The lowest BCUT2D eigenvalue weighted by Crippen LogP contribution is -2.48. The molecule has 1 aromatic rings. The van der Waals surface area contributed by atoms with Gasteiger partial charge in [0, 0.05) is 36.3 Å². The van der Waals surface area contributed by atoms with E-state index in [0.717, 1.165) is 43.2 Å². The van der Waals surface area contributed by atoms with Gasteiger partial charge in [0.2, 0.25) is 10.0 Å². The smallest absolute Gasteiger partial charge is 0.229 e. The highest BCUT2D eigenvalue weighted by Crippen LogP contribution is 2.21. The second-order valence-electron chi connectivity index (χ2n) is 6.09. The van der Waals surface area contributed by atoms with E-state index in [9.17, 15) is 8.42 Å². The number of benzene rings is 1. The molecule has 1 heterocycles. The van der Waals surface area contributed by atoms with Crippen molar-refractivity contribution in [2.75, 3.05) is 36.4 Å². The summed E-state index contributed by atoms with van der Waals surface area (Å²) in [7, 11) is -3.27. The van der Waals surface area contributed by atoms with Crippen LogP contribution in [0.1, 0.15) is 25.8 Å². The minimum absolute atomic E-state index is 0. The second-order valence-corrected chi connectivity index (χ2v) is 9.25. The largest absolute Gasteiger partial charge is 0.357 e. The lowest BCUT2D eigenvalue weighted by molar-refractivity contribution is 0.408. The number of nitrogens with zero attached hydrogens (tertiary/aromatic N) is 2. The molecule has 0 spiro atoms. The van der Waals surface area contributed by atoms with Gasteiger partial charge in [0.1, 0.15) is 0 Å². The summed E-state index contributed by atoms with van der Waals surface area (Å²) in [5, 5.41) is 4.03. The first-order chi connectivity index (χ1) is 11.9. The lowest BCUT2D eigenvalue weighted by atomic mass is 10.2. The molecule has 1 aliphatic rings. The SMILES string of the molecule is CCNC(=NCc1cccc(NS(C)(=O)=O)c1)N1CCSC(CC)C1.I. The number of anilines is 1. The number of sulfonamides is 1. The van der Waals surface area contributed by atoms with Crippen LogP contribution in [0.3, 0.4) is 0 Å². The highest BCUT2D eigenvalue weighted by molar-refractivity contribution is 14.0. The number of halogens is 1. The highest BCUT2D eigenvalue weighted by Gasteiger charge is 2.21. The number of nitrogens with one attached hydrogen (secondary N) is 2. The number of rotatable bonds is 6. The molecule has 1 aliphatic heterocycles. The van der Waals surface area contributed by atoms with Crippen LogP contribution in [0.4, 0.5) is 5.69 Å². The first kappa shape index (κ1) is 23.4. The topological polar surface area (TPSA) is 73.8 Å². The zero-order valence-electron chi connectivity index (χ0n) is 15.6. The standard InChI is InChI=1S/C17H28N4O2S2.HI/c1-4-16-13-21(9-10-24-16)17(18-5-2)19-12-14-7-6-8-15(11-14)20-25(3,22)23;/h6-8,11,16,20H,4-5,9-10,12-13H2,1-3H3,(H,18,19);1H. The first-order valence-corrected chi connectivity index (χ1v) is 11.6. The summed E-state index contributed by atoms with van der Waals surface area (Å²) in [5.74, 6) is 2.05. The van der Waals surface area contributed by atoms with Gasteiger partial charge in [0.25, 0.3) is 0 Å². The van der Waals surface area contributed by atoms with E-state index in [1.165, 1.54) is 6.42 Å². The molecular formula is C17H29IN4O2S2. The van der Waals surface area contributed by atoms with E-state index in [0.29, 0.717) is 17.5 Å². The Kier molecular flexibility index (Phi) is 10.1. The molecule has 1 saturated heterocycles. The molecule has 1 fully saturated rings. The molecule has 2 rings (SSSR count). The summed E-state index contributed by atoms with van der Waals surface area (Å²) < 4.78 is 25.2. The third kappa shape index (κ3) is 7.91. The molecule has 1 aromatic carbocycles. The Hall–Kier alpha value is -0.680. The summed E-state index contributed by atoms with van der Waals surface area (Å²) in [6, 6.07) is 7.37. The Labute approximate surface area is 178 Å². The molecule has 0 aromatic heterocycles. The van der Waals surface area contributed by atoms with E-state index in [4.69, 9.17) is 4.99 Å². The number of guanidine groups is 1. The number of hydrogen-bond acceptors (Lipinski definition) is 4. The van der Waals surface area contributed by atoms with Crippen LogP contribution < -0.4 is 10.0 Å². The molecule has 0 bridgehead atoms. The maximum atomic E-state index is 11.4. The molecule has 0 amide bonds. The van der Waals surface area contributed by atoms with Gasteiger partial charge in [-0.1, -0.05) is 19.1 Å². The van der Waals surface area contributed by atoms with Crippen LogP contribution >= 0.6 is 35.7 Å². The highest BCUT2D eigenvalue weighted by atomic mass is 127. The van der Waals surface area contributed by atoms with Gasteiger partial charge >= 0.3 is 0 Å². The Balaban J connectivity index is 0.00000338. The van der Waals surface area contributed by atoms with Crippen molar-refractivity contribution >= 4 is 57.4 Å². The van der Waals surface area contributed by atoms with Crippen molar-refractivity contribution in [1.29, 1.82) is 0 Å². The summed E-state index contributed by atoms with van der Waals surface area (Å²) in [5.41, 5.74) is 1.54. The zero-order valence-corrected chi connectivity index (χ0v) is 19.5. The Morgan fingerprint density at radius 2 is 2.15 bits per heavy atom. The molecule has 0 aliphatic carbocycles. The van der Waals surface area contributed by atoms with Crippen molar-refractivity contribution in [3.8, 4) is 0 Å². The third-order valence-electron chi connectivity index (χ3n) is 3.87. The van der Waals surface area contributed by atoms with Gasteiger partial charge in [0.15, 0.2) is 5.96 Å². The average molecular weight is 512 g/mol.